The monoisotopic (exact) mass is 253 g/mol. The van der Waals surface area contributed by atoms with Crippen LogP contribution in [0.2, 0.25) is 0 Å². The molecule has 0 atom stereocenters. The van der Waals surface area contributed by atoms with Gasteiger partial charge in [-0.3, -0.25) is 0 Å². The van der Waals surface area contributed by atoms with Crippen LogP contribution in [0.1, 0.15) is 24.0 Å². The van der Waals surface area contributed by atoms with Gasteiger partial charge in [0.15, 0.2) is 0 Å². The second kappa shape index (κ2) is 4.45. The summed E-state index contributed by atoms with van der Waals surface area (Å²) >= 11 is 3.51. The van der Waals surface area contributed by atoms with E-state index in [9.17, 15) is 0 Å². The lowest BCUT2D eigenvalue weighted by molar-refractivity contribution is 0.638. The van der Waals surface area contributed by atoms with Crippen molar-refractivity contribution in [3.63, 3.8) is 0 Å². The zero-order chi connectivity index (χ0) is 9.97. The van der Waals surface area contributed by atoms with E-state index in [4.69, 9.17) is 0 Å². The zero-order valence-electron chi connectivity index (χ0n) is 8.52. The third kappa shape index (κ3) is 2.82. The molecule has 0 heterocycles. The van der Waals surface area contributed by atoms with Crippen LogP contribution < -0.4 is 5.32 Å². The molecule has 2 rings (SSSR count). The van der Waals surface area contributed by atoms with Crippen LogP contribution in [0.5, 0.6) is 0 Å². The van der Waals surface area contributed by atoms with Crippen LogP contribution in [0.4, 0.5) is 0 Å². The Morgan fingerprint density at radius 2 is 2.21 bits per heavy atom. The highest BCUT2D eigenvalue weighted by atomic mass is 79.9. The van der Waals surface area contributed by atoms with Crippen LogP contribution in [0, 0.1) is 12.8 Å². The van der Waals surface area contributed by atoms with Crippen molar-refractivity contribution in [1.82, 2.24) is 5.32 Å². The normalized spacial score (nSPS) is 15.9. The maximum atomic E-state index is 3.51. The van der Waals surface area contributed by atoms with E-state index < -0.39 is 0 Å². The Bertz CT molecular complexity index is 318. The number of nitrogens with one attached hydrogen (secondary N) is 1. The van der Waals surface area contributed by atoms with Gasteiger partial charge < -0.3 is 5.32 Å². The molecule has 0 aromatic heterocycles. The van der Waals surface area contributed by atoms with Gasteiger partial charge in [-0.25, -0.2) is 0 Å². The first-order chi connectivity index (χ1) is 6.75. The number of hydrogen-bond acceptors (Lipinski definition) is 1. The van der Waals surface area contributed by atoms with E-state index in [0.29, 0.717) is 0 Å². The van der Waals surface area contributed by atoms with Gasteiger partial charge in [0.2, 0.25) is 0 Å². The van der Waals surface area contributed by atoms with Crippen LogP contribution in [0.25, 0.3) is 0 Å². The minimum Gasteiger partial charge on any atom is -0.312 e. The van der Waals surface area contributed by atoms with E-state index in [1.165, 1.54) is 35.0 Å². The van der Waals surface area contributed by atoms with Crippen molar-refractivity contribution >= 4 is 15.9 Å². The Labute approximate surface area is 94.0 Å². The van der Waals surface area contributed by atoms with Crippen LogP contribution in [0.3, 0.4) is 0 Å². The van der Waals surface area contributed by atoms with Crippen molar-refractivity contribution in [3.05, 3.63) is 33.8 Å². The predicted molar refractivity (Wildman–Crippen MR) is 63.3 cm³/mol. The lowest BCUT2D eigenvalue weighted by Crippen LogP contribution is -2.16. The molecule has 1 aliphatic carbocycles. The van der Waals surface area contributed by atoms with Crippen molar-refractivity contribution in [2.45, 2.75) is 26.3 Å². The minimum atomic E-state index is 0.964. The largest absolute Gasteiger partial charge is 0.312 e. The van der Waals surface area contributed by atoms with Gasteiger partial charge >= 0.3 is 0 Å². The molecule has 0 spiro atoms. The van der Waals surface area contributed by atoms with Crippen LogP contribution in [-0.2, 0) is 6.54 Å². The average molecular weight is 254 g/mol. The first-order valence-corrected chi connectivity index (χ1v) is 6.01. The number of rotatable bonds is 4. The molecule has 0 radical (unpaired) electrons. The van der Waals surface area contributed by atoms with Gasteiger partial charge in [-0.2, -0.15) is 0 Å². The summed E-state index contributed by atoms with van der Waals surface area (Å²) in [7, 11) is 0. The Morgan fingerprint density at radius 1 is 1.43 bits per heavy atom. The van der Waals surface area contributed by atoms with E-state index in [0.717, 1.165) is 12.5 Å². The molecule has 1 saturated carbocycles. The Kier molecular flexibility index (Phi) is 3.24. The van der Waals surface area contributed by atoms with E-state index >= 15 is 0 Å². The summed E-state index contributed by atoms with van der Waals surface area (Å²) in [5, 5.41) is 3.49. The van der Waals surface area contributed by atoms with Crippen LogP contribution in [0.15, 0.2) is 22.7 Å². The van der Waals surface area contributed by atoms with Crippen molar-refractivity contribution in [3.8, 4) is 0 Å². The standard InChI is InChI=1S/C12H16BrN/c1-9-6-11(4-5-12(9)13)8-14-7-10-2-3-10/h4-6,10,14H,2-3,7-8H2,1H3. The molecule has 1 nitrogen and oxygen atoms in total. The number of aryl methyl sites for hydroxylation is 1. The third-order valence-electron chi connectivity index (χ3n) is 2.68. The first-order valence-electron chi connectivity index (χ1n) is 5.21. The highest BCUT2D eigenvalue weighted by Crippen LogP contribution is 2.27. The molecule has 76 valence electrons. The summed E-state index contributed by atoms with van der Waals surface area (Å²) in [5.74, 6) is 0.964. The summed E-state index contributed by atoms with van der Waals surface area (Å²) in [6.07, 6.45) is 2.85. The van der Waals surface area contributed by atoms with Crippen LogP contribution >= 0.6 is 15.9 Å². The van der Waals surface area contributed by atoms with Gasteiger partial charge in [0, 0.05) is 11.0 Å². The summed E-state index contributed by atoms with van der Waals surface area (Å²) in [6, 6.07) is 6.55. The molecule has 0 aliphatic heterocycles. The molecule has 0 saturated heterocycles. The SMILES string of the molecule is Cc1cc(CNCC2CC2)ccc1Br. The average Bonchev–Trinajstić information content (AvgIpc) is 2.95. The molecule has 2 heteroatoms. The van der Waals surface area contributed by atoms with Crippen molar-refractivity contribution in [2.24, 2.45) is 5.92 Å². The maximum Gasteiger partial charge on any atom is 0.0205 e. The van der Waals surface area contributed by atoms with Gasteiger partial charge in [0.1, 0.15) is 0 Å². The molecule has 1 aliphatic rings. The predicted octanol–water partition coefficient (Wildman–Crippen LogP) is 3.26. The summed E-state index contributed by atoms with van der Waals surface area (Å²) in [4.78, 5) is 0. The second-order valence-corrected chi connectivity index (χ2v) is 5.01. The summed E-state index contributed by atoms with van der Waals surface area (Å²) < 4.78 is 1.20. The van der Waals surface area contributed by atoms with Crippen molar-refractivity contribution in [2.75, 3.05) is 6.54 Å². The van der Waals surface area contributed by atoms with Gasteiger partial charge in [0.25, 0.3) is 0 Å². The van der Waals surface area contributed by atoms with E-state index in [-0.39, 0.29) is 0 Å². The molecule has 0 unspecified atom stereocenters. The lowest BCUT2D eigenvalue weighted by atomic mass is 10.1. The molecule has 1 fully saturated rings. The molecule has 1 aromatic carbocycles. The van der Waals surface area contributed by atoms with Crippen molar-refractivity contribution in [1.29, 1.82) is 0 Å². The first kappa shape index (κ1) is 10.2. The number of halogens is 1. The lowest BCUT2D eigenvalue weighted by Gasteiger charge is -2.05. The highest BCUT2D eigenvalue weighted by molar-refractivity contribution is 9.10. The Hall–Kier alpha value is -0.340. The quantitative estimate of drug-likeness (QED) is 0.869. The Balaban J connectivity index is 1.85. The van der Waals surface area contributed by atoms with E-state index in [1.54, 1.807) is 0 Å². The van der Waals surface area contributed by atoms with E-state index in [1.807, 2.05) is 0 Å². The fraction of sp³-hybridized carbons (Fsp3) is 0.500. The number of benzene rings is 1. The molecular formula is C12H16BrN. The van der Waals surface area contributed by atoms with Gasteiger partial charge in [0.05, 0.1) is 0 Å². The second-order valence-electron chi connectivity index (χ2n) is 4.16. The smallest absolute Gasteiger partial charge is 0.0205 e. The minimum absolute atomic E-state index is 0.964. The fourth-order valence-corrected chi connectivity index (χ4v) is 1.81. The van der Waals surface area contributed by atoms with Gasteiger partial charge in [-0.1, -0.05) is 28.1 Å². The van der Waals surface area contributed by atoms with Gasteiger partial charge in [-0.05, 0) is 49.4 Å². The zero-order valence-corrected chi connectivity index (χ0v) is 10.1. The van der Waals surface area contributed by atoms with Gasteiger partial charge in [-0.15, -0.1) is 0 Å². The molecule has 14 heavy (non-hydrogen) atoms. The number of hydrogen-bond donors (Lipinski definition) is 1. The van der Waals surface area contributed by atoms with Crippen LogP contribution in [-0.4, -0.2) is 6.54 Å². The molecular weight excluding hydrogens is 238 g/mol. The maximum absolute atomic E-state index is 3.51. The third-order valence-corrected chi connectivity index (χ3v) is 3.57. The Morgan fingerprint density at radius 3 is 2.86 bits per heavy atom. The topological polar surface area (TPSA) is 12.0 Å². The molecule has 0 bridgehead atoms. The molecule has 1 N–H and O–H groups in total. The van der Waals surface area contributed by atoms with Crippen molar-refractivity contribution < 1.29 is 0 Å². The fourth-order valence-electron chi connectivity index (χ4n) is 1.56. The highest BCUT2D eigenvalue weighted by Gasteiger charge is 2.19. The molecule has 0 amide bonds. The molecule has 1 aromatic rings. The summed E-state index contributed by atoms with van der Waals surface area (Å²) in [6.45, 7) is 4.33. The van der Waals surface area contributed by atoms with E-state index in [2.05, 4.69) is 46.4 Å². The summed E-state index contributed by atoms with van der Waals surface area (Å²) in [5.41, 5.74) is 2.70.